The second-order valence-electron chi connectivity index (χ2n) is 7.55. The number of methoxy groups -OCH3 is 3. The molecule has 0 saturated carbocycles. The van der Waals surface area contributed by atoms with Crippen molar-refractivity contribution in [2.75, 3.05) is 26.2 Å². The molecule has 1 atom stereocenters. The second-order valence-corrected chi connectivity index (χ2v) is 7.55. The van der Waals surface area contributed by atoms with E-state index < -0.39 is 11.7 Å². The molecule has 0 radical (unpaired) electrons. The molecule has 1 heterocycles. The number of rotatable bonds is 5. The first kappa shape index (κ1) is 20.9. The zero-order chi connectivity index (χ0) is 22.1. The van der Waals surface area contributed by atoms with Gasteiger partial charge >= 0.3 is 0 Å². The van der Waals surface area contributed by atoms with Gasteiger partial charge in [0.2, 0.25) is 5.91 Å². The molecule has 31 heavy (non-hydrogen) atoms. The third kappa shape index (κ3) is 3.65. The second kappa shape index (κ2) is 8.41. The zero-order valence-corrected chi connectivity index (χ0v) is 17.7. The molecule has 0 fully saturated rings. The lowest BCUT2D eigenvalue weighted by Gasteiger charge is -2.38. The van der Waals surface area contributed by atoms with Crippen LogP contribution in [0, 0.1) is 5.82 Å². The Morgan fingerprint density at radius 2 is 1.65 bits per heavy atom. The summed E-state index contributed by atoms with van der Waals surface area (Å²) >= 11 is 0. The van der Waals surface area contributed by atoms with Gasteiger partial charge in [-0.25, -0.2) is 4.39 Å². The Balaban J connectivity index is 1.90. The van der Waals surface area contributed by atoms with Gasteiger partial charge < -0.3 is 14.2 Å². The van der Waals surface area contributed by atoms with E-state index in [2.05, 4.69) is 0 Å². The van der Waals surface area contributed by atoms with Crippen molar-refractivity contribution < 1.29 is 28.2 Å². The summed E-state index contributed by atoms with van der Waals surface area (Å²) in [6, 6.07) is 9.36. The summed E-state index contributed by atoms with van der Waals surface area (Å²) in [5.74, 6) is 0.394. The Labute approximate surface area is 180 Å². The average Bonchev–Trinajstić information content (AvgIpc) is 2.77. The molecular weight excluding hydrogens is 401 g/mol. The Morgan fingerprint density at radius 1 is 0.935 bits per heavy atom. The number of amides is 1. The lowest BCUT2D eigenvalue weighted by Crippen LogP contribution is -2.40. The van der Waals surface area contributed by atoms with Gasteiger partial charge in [-0.2, -0.15) is 0 Å². The van der Waals surface area contributed by atoms with Gasteiger partial charge in [0.1, 0.15) is 11.6 Å². The monoisotopic (exact) mass is 425 g/mol. The van der Waals surface area contributed by atoms with E-state index in [0.717, 1.165) is 0 Å². The Hall–Kier alpha value is -3.35. The predicted molar refractivity (Wildman–Crippen MR) is 113 cm³/mol. The number of carbonyl (C=O) groups excluding carboxylic acids is 2. The third-order valence-electron chi connectivity index (χ3n) is 5.85. The van der Waals surface area contributed by atoms with Gasteiger partial charge in [-0.1, -0.05) is 6.07 Å². The summed E-state index contributed by atoms with van der Waals surface area (Å²) in [5, 5.41) is 0. The highest BCUT2D eigenvalue weighted by Gasteiger charge is 2.41. The normalized spacial score (nSPS) is 18.7. The highest BCUT2D eigenvalue weighted by atomic mass is 19.1. The van der Waals surface area contributed by atoms with Gasteiger partial charge in [0.15, 0.2) is 17.3 Å². The summed E-state index contributed by atoms with van der Waals surface area (Å²) in [7, 11) is 4.60. The van der Waals surface area contributed by atoms with Crippen molar-refractivity contribution in [2.24, 2.45) is 0 Å². The number of halogens is 1. The van der Waals surface area contributed by atoms with Crippen LogP contribution in [0.2, 0.25) is 0 Å². The fourth-order valence-electron chi connectivity index (χ4n) is 4.50. The van der Waals surface area contributed by atoms with E-state index in [4.69, 9.17) is 14.2 Å². The van der Waals surface area contributed by atoms with Crippen LogP contribution >= 0.6 is 0 Å². The molecular formula is C24H24FNO5. The quantitative estimate of drug-likeness (QED) is 0.711. The van der Waals surface area contributed by atoms with Crippen LogP contribution in [0.25, 0.3) is 0 Å². The van der Waals surface area contributed by atoms with Gasteiger partial charge in [-0.3, -0.25) is 14.5 Å². The van der Waals surface area contributed by atoms with Crippen molar-refractivity contribution in [2.45, 2.75) is 31.6 Å². The molecule has 6 nitrogen and oxygen atoms in total. The van der Waals surface area contributed by atoms with E-state index in [1.165, 1.54) is 38.4 Å². The average molecular weight is 425 g/mol. The fourth-order valence-corrected chi connectivity index (χ4v) is 4.50. The van der Waals surface area contributed by atoms with E-state index in [0.29, 0.717) is 59.0 Å². The van der Waals surface area contributed by atoms with Gasteiger partial charge in [0.25, 0.3) is 0 Å². The first-order chi connectivity index (χ1) is 15.0. The molecule has 7 heteroatoms. The number of ketones is 1. The van der Waals surface area contributed by atoms with E-state index >= 15 is 0 Å². The molecule has 162 valence electrons. The Kier molecular flexibility index (Phi) is 5.67. The number of allylic oxidation sites excluding steroid dienone is 2. The molecule has 1 unspecified atom stereocenters. The van der Waals surface area contributed by atoms with Crippen LogP contribution < -0.4 is 19.1 Å². The van der Waals surface area contributed by atoms with Crippen LogP contribution in [0.4, 0.5) is 10.1 Å². The molecule has 0 saturated heterocycles. The SMILES string of the molecule is COc1cc(OC)c(C2CC(=O)N(c3cccc(F)c3)C3=C2C(=O)CCC3)cc1OC. The van der Waals surface area contributed by atoms with Crippen molar-refractivity contribution in [3.05, 3.63) is 59.0 Å². The molecule has 2 aliphatic rings. The van der Waals surface area contributed by atoms with Crippen LogP contribution in [0.3, 0.4) is 0 Å². The first-order valence-electron chi connectivity index (χ1n) is 10.1. The highest BCUT2D eigenvalue weighted by molar-refractivity contribution is 6.07. The number of carbonyl (C=O) groups is 2. The van der Waals surface area contributed by atoms with Gasteiger partial charge in [-0.15, -0.1) is 0 Å². The highest BCUT2D eigenvalue weighted by Crippen LogP contribution is 2.48. The standard InChI is InChI=1S/C24H24FNO5/c1-29-20-13-22(31-3)21(30-2)11-16(20)17-12-23(28)26(15-7-4-6-14(25)10-15)18-8-5-9-19(27)24(17)18/h4,6-7,10-11,13,17H,5,8-9,12H2,1-3H3. The van der Waals surface area contributed by atoms with E-state index in [1.807, 2.05) is 0 Å². The Bertz CT molecular complexity index is 1080. The zero-order valence-electron chi connectivity index (χ0n) is 17.7. The molecule has 1 amide bonds. The summed E-state index contributed by atoms with van der Waals surface area (Å²) in [6.07, 6.45) is 1.69. The number of nitrogens with zero attached hydrogens (tertiary/aromatic N) is 1. The van der Waals surface area contributed by atoms with Crippen LogP contribution in [0.1, 0.15) is 37.2 Å². The van der Waals surface area contributed by atoms with Crippen LogP contribution in [0.5, 0.6) is 17.2 Å². The molecule has 0 spiro atoms. The van der Waals surface area contributed by atoms with E-state index in [9.17, 15) is 14.0 Å². The van der Waals surface area contributed by atoms with Gasteiger partial charge in [0.05, 0.1) is 27.0 Å². The minimum atomic E-state index is -0.477. The molecule has 1 aliphatic heterocycles. The minimum absolute atomic E-state index is 0.00279. The van der Waals surface area contributed by atoms with Crippen LogP contribution in [-0.2, 0) is 9.59 Å². The van der Waals surface area contributed by atoms with E-state index in [1.54, 1.807) is 24.3 Å². The lowest BCUT2D eigenvalue weighted by atomic mass is 9.76. The summed E-state index contributed by atoms with van der Waals surface area (Å²) in [5.41, 5.74) is 2.35. The largest absolute Gasteiger partial charge is 0.496 e. The van der Waals surface area contributed by atoms with Crippen molar-refractivity contribution in [1.82, 2.24) is 0 Å². The summed E-state index contributed by atoms with van der Waals surface area (Å²) in [6.45, 7) is 0. The van der Waals surface area contributed by atoms with Gasteiger partial charge in [0, 0.05) is 41.7 Å². The Morgan fingerprint density at radius 3 is 2.32 bits per heavy atom. The maximum absolute atomic E-state index is 13.9. The van der Waals surface area contributed by atoms with Gasteiger partial charge in [-0.05, 0) is 37.1 Å². The molecule has 0 aromatic heterocycles. The topological polar surface area (TPSA) is 65.1 Å². The maximum Gasteiger partial charge on any atom is 0.232 e. The first-order valence-corrected chi connectivity index (χ1v) is 10.1. The summed E-state index contributed by atoms with van der Waals surface area (Å²) in [4.78, 5) is 27.9. The fraction of sp³-hybridized carbons (Fsp3) is 0.333. The smallest absolute Gasteiger partial charge is 0.232 e. The molecule has 2 aromatic rings. The summed E-state index contributed by atoms with van der Waals surface area (Å²) < 4.78 is 30.3. The molecule has 0 bridgehead atoms. The van der Waals surface area contributed by atoms with Crippen LogP contribution in [0.15, 0.2) is 47.7 Å². The third-order valence-corrected chi connectivity index (χ3v) is 5.85. The molecule has 2 aromatic carbocycles. The van der Waals surface area contributed by atoms with Crippen LogP contribution in [-0.4, -0.2) is 33.0 Å². The number of hydrogen-bond acceptors (Lipinski definition) is 5. The molecule has 0 N–H and O–H groups in total. The lowest BCUT2D eigenvalue weighted by molar-refractivity contribution is -0.119. The number of Topliss-reactive ketones (excluding diaryl/α,β-unsaturated/α-hetero) is 1. The van der Waals surface area contributed by atoms with Crippen molar-refractivity contribution in [1.29, 1.82) is 0 Å². The van der Waals surface area contributed by atoms with Crippen molar-refractivity contribution in [3.63, 3.8) is 0 Å². The number of anilines is 1. The number of ether oxygens (including phenoxy) is 3. The molecule has 1 aliphatic carbocycles. The van der Waals surface area contributed by atoms with E-state index in [-0.39, 0.29) is 18.1 Å². The maximum atomic E-state index is 13.9. The van der Waals surface area contributed by atoms with Crippen molar-refractivity contribution >= 4 is 17.4 Å². The van der Waals surface area contributed by atoms with Crippen molar-refractivity contribution in [3.8, 4) is 17.2 Å². The number of hydrogen-bond donors (Lipinski definition) is 0. The predicted octanol–water partition coefficient (Wildman–Crippen LogP) is 4.38. The number of benzene rings is 2. The molecule has 4 rings (SSSR count). The minimum Gasteiger partial charge on any atom is -0.496 e.